The lowest BCUT2D eigenvalue weighted by Crippen LogP contribution is -2.15. The number of nitrogens with zero attached hydrogens (tertiary/aromatic N) is 2. The lowest BCUT2D eigenvalue weighted by atomic mass is 10.1. The number of fused-ring (bicyclic) bond motifs is 1. The van der Waals surface area contributed by atoms with Crippen molar-refractivity contribution >= 4 is 33.2 Å². The van der Waals surface area contributed by atoms with Gasteiger partial charge in [0.15, 0.2) is 10.6 Å². The Morgan fingerprint density at radius 3 is 2.42 bits per heavy atom. The molecule has 24 heavy (non-hydrogen) atoms. The topological polar surface area (TPSA) is 51.4 Å². The summed E-state index contributed by atoms with van der Waals surface area (Å²) in [6, 6.07) is 10.9. The van der Waals surface area contributed by atoms with Crippen molar-refractivity contribution in [3.05, 3.63) is 64.2 Å². The van der Waals surface area contributed by atoms with Crippen molar-refractivity contribution in [2.45, 2.75) is 20.4 Å². The molecule has 0 aliphatic heterocycles. The van der Waals surface area contributed by atoms with E-state index >= 15 is 0 Å². The summed E-state index contributed by atoms with van der Waals surface area (Å²) < 4.78 is 16.0. The van der Waals surface area contributed by atoms with E-state index in [2.05, 4.69) is 4.99 Å². The predicted octanol–water partition coefficient (Wildman–Crippen LogP) is 3.81. The summed E-state index contributed by atoms with van der Waals surface area (Å²) in [5.41, 5.74) is 1.81. The number of halogens is 1. The summed E-state index contributed by atoms with van der Waals surface area (Å²) in [7, 11) is 0. The molecule has 0 N–H and O–H groups in total. The van der Waals surface area contributed by atoms with Crippen LogP contribution in [0.1, 0.15) is 34.6 Å². The molecule has 1 aromatic heterocycles. The van der Waals surface area contributed by atoms with Gasteiger partial charge in [-0.2, -0.15) is 4.99 Å². The molecule has 1 heterocycles. The van der Waals surface area contributed by atoms with E-state index in [1.165, 1.54) is 30.4 Å². The molecular weight excluding hydrogens is 327 g/mol. The third kappa shape index (κ3) is 3.05. The fraction of sp³-hybridized carbons (Fsp3) is 0.167. The summed E-state index contributed by atoms with van der Waals surface area (Å²) in [5, 5.41) is 0. The highest BCUT2D eigenvalue weighted by atomic mass is 32.1. The SMILES string of the molecule is CCn1c(=NC(=O)c2ccc(C(C)=O)cc2)sc2cc(F)ccc21. The molecule has 0 aliphatic rings. The molecule has 2 aromatic carbocycles. The van der Waals surface area contributed by atoms with Gasteiger partial charge in [-0.25, -0.2) is 4.39 Å². The quantitative estimate of drug-likeness (QED) is 0.680. The van der Waals surface area contributed by atoms with Gasteiger partial charge in [0.25, 0.3) is 5.91 Å². The van der Waals surface area contributed by atoms with Gasteiger partial charge in [0.2, 0.25) is 0 Å². The molecule has 3 aromatic rings. The molecule has 0 bridgehead atoms. The Labute approximate surface area is 141 Å². The van der Waals surface area contributed by atoms with E-state index < -0.39 is 0 Å². The first-order valence-corrected chi connectivity index (χ1v) is 8.30. The first kappa shape index (κ1) is 16.3. The van der Waals surface area contributed by atoms with Crippen molar-refractivity contribution in [2.75, 3.05) is 0 Å². The summed E-state index contributed by atoms with van der Waals surface area (Å²) in [4.78, 5) is 28.4. The second-order valence-electron chi connectivity index (χ2n) is 5.29. The van der Waals surface area contributed by atoms with Crippen molar-refractivity contribution in [1.82, 2.24) is 4.57 Å². The first-order valence-electron chi connectivity index (χ1n) is 7.48. The van der Waals surface area contributed by atoms with Gasteiger partial charge in [0.05, 0.1) is 10.2 Å². The summed E-state index contributed by atoms with van der Waals surface area (Å²) >= 11 is 1.28. The minimum atomic E-state index is -0.390. The molecule has 0 unspecified atom stereocenters. The Hall–Kier alpha value is -2.60. The van der Waals surface area contributed by atoms with E-state index in [4.69, 9.17) is 0 Å². The molecule has 4 nitrogen and oxygen atoms in total. The number of rotatable bonds is 3. The standard InChI is InChI=1S/C18H15FN2O2S/c1-3-21-15-9-8-14(19)10-16(15)24-18(21)20-17(23)13-6-4-12(5-7-13)11(2)22/h4-10H,3H2,1-2H3. The van der Waals surface area contributed by atoms with Crippen LogP contribution in [0.2, 0.25) is 0 Å². The number of ketones is 1. The zero-order valence-corrected chi connectivity index (χ0v) is 14.1. The highest BCUT2D eigenvalue weighted by Gasteiger charge is 2.09. The number of amides is 1. The van der Waals surface area contributed by atoms with Crippen molar-refractivity contribution in [3.63, 3.8) is 0 Å². The van der Waals surface area contributed by atoms with Gasteiger partial charge in [-0.1, -0.05) is 23.5 Å². The van der Waals surface area contributed by atoms with E-state index in [1.54, 1.807) is 30.3 Å². The average molecular weight is 342 g/mol. The molecule has 6 heteroatoms. The minimum absolute atomic E-state index is 0.0544. The minimum Gasteiger partial charge on any atom is -0.317 e. The Bertz CT molecular complexity index is 1000. The molecule has 0 atom stereocenters. The van der Waals surface area contributed by atoms with E-state index in [-0.39, 0.29) is 17.5 Å². The Morgan fingerprint density at radius 2 is 1.79 bits per heavy atom. The molecule has 0 fully saturated rings. The maximum absolute atomic E-state index is 13.4. The van der Waals surface area contributed by atoms with Crippen LogP contribution in [0.15, 0.2) is 47.5 Å². The van der Waals surface area contributed by atoms with E-state index in [1.807, 2.05) is 11.5 Å². The van der Waals surface area contributed by atoms with Crippen LogP contribution < -0.4 is 4.80 Å². The van der Waals surface area contributed by atoms with Crippen LogP contribution in [0, 0.1) is 5.82 Å². The molecule has 0 aliphatic carbocycles. The van der Waals surface area contributed by atoms with Gasteiger partial charge in [0.1, 0.15) is 5.82 Å². The largest absolute Gasteiger partial charge is 0.317 e. The molecule has 0 radical (unpaired) electrons. The normalized spacial score (nSPS) is 11.9. The number of hydrogen-bond acceptors (Lipinski definition) is 3. The molecule has 0 saturated heterocycles. The van der Waals surface area contributed by atoms with E-state index in [0.29, 0.717) is 22.5 Å². The van der Waals surface area contributed by atoms with Gasteiger partial charge in [-0.15, -0.1) is 0 Å². The number of carbonyl (C=O) groups is 2. The number of aryl methyl sites for hydroxylation is 1. The number of thiazole rings is 1. The number of carbonyl (C=O) groups excluding carboxylic acids is 2. The summed E-state index contributed by atoms with van der Waals surface area (Å²) in [5.74, 6) is -0.759. The van der Waals surface area contributed by atoms with Crippen LogP contribution in [0.3, 0.4) is 0 Å². The van der Waals surface area contributed by atoms with Crippen LogP contribution >= 0.6 is 11.3 Å². The van der Waals surface area contributed by atoms with E-state index in [9.17, 15) is 14.0 Å². The molecule has 122 valence electrons. The lowest BCUT2D eigenvalue weighted by Gasteiger charge is -2.00. The maximum atomic E-state index is 13.4. The Balaban J connectivity index is 2.05. The second-order valence-corrected chi connectivity index (χ2v) is 6.30. The molecule has 1 amide bonds. The van der Waals surface area contributed by atoms with E-state index in [0.717, 1.165) is 10.2 Å². The van der Waals surface area contributed by atoms with Gasteiger partial charge in [-0.3, -0.25) is 9.59 Å². The first-order chi connectivity index (χ1) is 11.5. The van der Waals surface area contributed by atoms with Crippen LogP contribution in [0.5, 0.6) is 0 Å². The number of aromatic nitrogens is 1. The van der Waals surface area contributed by atoms with Crippen LogP contribution in [-0.2, 0) is 6.54 Å². The Kier molecular flexibility index (Phi) is 4.40. The third-order valence-electron chi connectivity index (χ3n) is 3.70. The second kappa shape index (κ2) is 6.49. The van der Waals surface area contributed by atoms with Crippen molar-refractivity contribution in [3.8, 4) is 0 Å². The van der Waals surface area contributed by atoms with Crippen molar-refractivity contribution in [1.29, 1.82) is 0 Å². The molecule has 3 rings (SSSR count). The fourth-order valence-electron chi connectivity index (χ4n) is 2.44. The molecule has 0 spiro atoms. The fourth-order valence-corrected chi connectivity index (χ4v) is 3.55. The Morgan fingerprint density at radius 1 is 1.12 bits per heavy atom. The molecular formula is C18H15FN2O2S. The third-order valence-corrected chi connectivity index (χ3v) is 4.74. The van der Waals surface area contributed by atoms with Gasteiger partial charge in [0, 0.05) is 17.7 Å². The van der Waals surface area contributed by atoms with Gasteiger partial charge < -0.3 is 4.57 Å². The van der Waals surface area contributed by atoms with Crippen LogP contribution in [0.25, 0.3) is 10.2 Å². The van der Waals surface area contributed by atoms with Crippen LogP contribution in [-0.4, -0.2) is 16.3 Å². The summed E-state index contributed by atoms with van der Waals surface area (Å²) in [6.45, 7) is 4.05. The number of Topliss-reactive ketones (excluding diaryl/α,β-unsaturated/α-hetero) is 1. The average Bonchev–Trinajstić information content (AvgIpc) is 2.90. The van der Waals surface area contributed by atoms with Crippen molar-refractivity contribution in [2.24, 2.45) is 4.99 Å². The highest BCUT2D eigenvalue weighted by molar-refractivity contribution is 7.16. The molecule has 0 saturated carbocycles. The van der Waals surface area contributed by atoms with Gasteiger partial charge >= 0.3 is 0 Å². The van der Waals surface area contributed by atoms with Gasteiger partial charge in [-0.05, 0) is 44.2 Å². The monoisotopic (exact) mass is 342 g/mol. The lowest BCUT2D eigenvalue weighted by molar-refractivity contribution is 0.0991. The number of benzene rings is 2. The highest BCUT2D eigenvalue weighted by Crippen LogP contribution is 2.18. The zero-order valence-electron chi connectivity index (χ0n) is 13.2. The zero-order chi connectivity index (χ0) is 17.3. The van der Waals surface area contributed by atoms with Crippen LogP contribution in [0.4, 0.5) is 4.39 Å². The smallest absolute Gasteiger partial charge is 0.279 e. The summed E-state index contributed by atoms with van der Waals surface area (Å²) in [6.07, 6.45) is 0. The maximum Gasteiger partial charge on any atom is 0.279 e. The predicted molar refractivity (Wildman–Crippen MR) is 91.8 cm³/mol. The van der Waals surface area contributed by atoms with Crippen molar-refractivity contribution < 1.29 is 14.0 Å². The number of hydrogen-bond donors (Lipinski definition) is 0.